The number of aliphatic hydroxyl groups is 1. The highest BCUT2D eigenvalue weighted by molar-refractivity contribution is 5.99. The summed E-state index contributed by atoms with van der Waals surface area (Å²) in [5.74, 6) is -1.69. The summed E-state index contributed by atoms with van der Waals surface area (Å²) in [5, 5.41) is 16.5. The molecule has 1 unspecified atom stereocenters. The average Bonchev–Trinajstić information content (AvgIpc) is 3.58. The number of ketones is 1. The van der Waals surface area contributed by atoms with Crippen molar-refractivity contribution >= 4 is 11.9 Å². The van der Waals surface area contributed by atoms with E-state index in [-0.39, 0.29) is 23.6 Å². The summed E-state index contributed by atoms with van der Waals surface area (Å²) in [6.45, 7) is 2.07. The van der Waals surface area contributed by atoms with E-state index >= 15 is 0 Å². The van der Waals surface area contributed by atoms with Gasteiger partial charge in [0.25, 0.3) is 0 Å². The van der Waals surface area contributed by atoms with Gasteiger partial charge in [0.1, 0.15) is 17.8 Å². The lowest BCUT2D eigenvalue weighted by atomic mass is 9.65. The van der Waals surface area contributed by atoms with E-state index in [1.807, 2.05) is 0 Å². The van der Waals surface area contributed by atoms with Gasteiger partial charge in [0, 0.05) is 11.3 Å². The summed E-state index contributed by atoms with van der Waals surface area (Å²) in [7, 11) is 0. The Labute approximate surface area is 220 Å². The number of carbonyl (C=O) groups excluding carboxylic acids is 1. The second-order valence-electron chi connectivity index (χ2n) is 11.4. The SMILES string of the molecule is C[C@]12Cc3cnn(-c4ccc(F)cc4)c3C=C1CC[C@@]2(O)CCc1cccc(F)c1C(=O)C1CC[C@H](F)C1. The lowest BCUT2D eigenvalue weighted by Gasteiger charge is -2.42. The minimum Gasteiger partial charge on any atom is -0.389 e. The second kappa shape index (κ2) is 9.23. The molecule has 0 saturated heterocycles. The van der Waals surface area contributed by atoms with E-state index in [1.165, 1.54) is 18.2 Å². The van der Waals surface area contributed by atoms with Crippen molar-refractivity contribution in [2.45, 2.75) is 70.1 Å². The van der Waals surface area contributed by atoms with Crippen molar-refractivity contribution < 1.29 is 23.1 Å². The van der Waals surface area contributed by atoms with Crippen molar-refractivity contribution in [3.05, 3.63) is 88.3 Å². The molecule has 3 aliphatic rings. The Balaban J connectivity index is 1.25. The van der Waals surface area contributed by atoms with E-state index in [0.717, 1.165) is 28.9 Å². The molecule has 198 valence electrons. The third kappa shape index (κ3) is 4.03. The summed E-state index contributed by atoms with van der Waals surface area (Å²) in [5.41, 5.74) is 2.91. The number of hydrogen-bond donors (Lipinski definition) is 1. The molecule has 2 fully saturated rings. The molecule has 1 heterocycles. The average molecular weight is 521 g/mol. The maximum absolute atomic E-state index is 14.9. The Morgan fingerprint density at radius 3 is 2.68 bits per heavy atom. The number of rotatable bonds is 6. The monoisotopic (exact) mass is 520 g/mol. The highest BCUT2D eigenvalue weighted by Crippen LogP contribution is 2.57. The molecule has 4 nitrogen and oxygen atoms in total. The molecule has 3 aromatic rings. The fourth-order valence-electron chi connectivity index (χ4n) is 6.88. The maximum atomic E-state index is 14.9. The van der Waals surface area contributed by atoms with E-state index in [9.17, 15) is 23.1 Å². The minimum absolute atomic E-state index is 0.0561. The first-order valence-electron chi connectivity index (χ1n) is 13.4. The summed E-state index contributed by atoms with van der Waals surface area (Å²) in [6.07, 6.45) is 6.43. The quantitative estimate of drug-likeness (QED) is 0.374. The number of Topliss-reactive ketones (excluding diaryl/α,β-unsaturated/α-hetero) is 1. The normalized spacial score (nSPS) is 28.2. The number of hydrogen-bond acceptors (Lipinski definition) is 3. The van der Waals surface area contributed by atoms with Gasteiger partial charge < -0.3 is 5.11 Å². The summed E-state index contributed by atoms with van der Waals surface area (Å²) in [6, 6.07) is 10.8. The standard InChI is InChI=1S/C31H31F3N2O2/c1-30-17-21-18-35-36(25-9-7-23(32)8-10-25)27(21)16-22(30)12-14-31(30,38)13-11-19-3-2-4-26(34)28(19)29(37)20-5-6-24(33)15-20/h2-4,7-10,16,18,20,24,38H,5-6,11-15,17H2,1H3/t20?,24-,30-,31-/m0/s1. The lowest BCUT2D eigenvalue weighted by Crippen LogP contribution is -2.45. The predicted molar refractivity (Wildman–Crippen MR) is 139 cm³/mol. The zero-order chi connectivity index (χ0) is 26.7. The van der Waals surface area contributed by atoms with Crippen LogP contribution in [0, 0.1) is 23.0 Å². The molecule has 2 aromatic carbocycles. The summed E-state index contributed by atoms with van der Waals surface area (Å²) < 4.78 is 43.9. The summed E-state index contributed by atoms with van der Waals surface area (Å²) >= 11 is 0. The molecule has 7 heteroatoms. The number of carbonyl (C=O) groups is 1. The zero-order valence-corrected chi connectivity index (χ0v) is 21.4. The fraction of sp³-hybridized carbons (Fsp3) is 0.419. The molecule has 3 aliphatic carbocycles. The Kier molecular flexibility index (Phi) is 6.10. The van der Waals surface area contributed by atoms with E-state index in [2.05, 4.69) is 18.1 Å². The zero-order valence-electron chi connectivity index (χ0n) is 21.4. The number of benzene rings is 2. The van der Waals surface area contributed by atoms with Crippen molar-refractivity contribution in [1.29, 1.82) is 0 Å². The molecule has 2 saturated carbocycles. The number of alkyl halides is 1. The van der Waals surface area contributed by atoms with Crippen LogP contribution >= 0.6 is 0 Å². The molecular weight excluding hydrogens is 489 g/mol. The van der Waals surface area contributed by atoms with Gasteiger partial charge in [-0.1, -0.05) is 24.6 Å². The number of nitrogens with zero attached hydrogens (tertiary/aromatic N) is 2. The molecule has 0 radical (unpaired) electrons. The summed E-state index contributed by atoms with van der Waals surface area (Å²) in [4.78, 5) is 13.2. The molecule has 0 amide bonds. The molecular formula is C31H31F3N2O2. The highest BCUT2D eigenvalue weighted by atomic mass is 19.1. The van der Waals surface area contributed by atoms with Gasteiger partial charge >= 0.3 is 0 Å². The van der Waals surface area contributed by atoms with E-state index in [1.54, 1.807) is 35.1 Å². The number of aromatic nitrogens is 2. The maximum Gasteiger partial charge on any atom is 0.169 e. The van der Waals surface area contributed by atoms with Crippen LogP contribution in [-0.4, -0.2) is 32.4 Å². The van der Waals surface area contributed by atoms with Crippen LogP contribution in [0.3, 0.4) is 0 Å². The van der Waals surface area contributed by atoms with Gasteiger partial charge in [-0.3, -0.25) is 4.79 Å². The Morgan fingerprint density at radius 2 is 1.95 bits per heavy atom. The molecule has 0 spiro atoms. The molecule has 6 rings (SSSR count). The van der Waals surface area contributed by atoms with Gasteiger partial charge in [-0.05, 0) is 98.9 Å². The Bertz CT molecular complexity index is 1430. The lowest BCUT2D eigenvalue weighted by molar-refractivity contribution is -0.0462. The van der Waals surface area contributed by atoms with Gasteiger partial charge in [0.05, 0.1) is 28.7 Å². The first-order valence-corrected chi connectivity index (χ1v) is 13.4. The van der Waals surface area contributed by atoms with Crippen LogP contribution in [0.2, 0.25) is 0 Å². The van der Waals surface area contributed by atoms with Crippen molar-refractivity contribution in [2.75, 3.05) is 0 Å². The molecule has 1 N–H and O–H groups in total. The van der Waals surface area contributed by atoms with Crippen molar-refractivity contribution in [1.82, 2.24) is 9.78 Å². The van der Waals surface area contributed by atoms with Gasteiger partial charge in [0.2, 0.25) is 0 Å². The van der Waals surface area contributed by atoms with Gasteiger partial charge in [0.15, 0.2) is 5.78 Å². The number of aryl methyl sites for hydroxylation is 1. The number of halogens is 3. The van der Waals surface area contributed by atoms with E-state index in [0.29, 0.717) is 44.1 Å². The van der Waals surface area contributed by atoms with Crippen LogP contribution < -0.4 is 0 Å². The molecule has 4 atom stereocenters. The van der Waals surface area contributed by atoms with Crippen molar-refractivity contribution in [2.24, 2.45) is 11.3 Å². The van der Waals surface area contributed by atoms with Crippen molar-refractivity contribution in [3.8, 4) is 5.69 Å². The minimum atomic E-state index is -1.04. The van der Waals surface area contributed by atoms with Crippen LogP contribution in [0.4, 0.5) is 13.2 Å². The molecule has 0 bridgehead atoms. The first-order chi connectivity index (χ1) is 18.2. The van der Waals surface area contributed by atoms with Crippen LogP contribution in [0.1, 0.15) is 72.6 Å². The van der Waals surface area contributed by atoms with Crippen LogP contribution in [0.15, 0.2) is 54.2 Å². The Hall–Kier alpha value is -3.19. The molecule has 38 heavy (non-hydrogen) atoms. The third-order valence-electron chi connectivity index (χ3n) is 9.25. The second-order valence-corrected chi connectivity index (χ2v) is 11.4. The van der Waals surface area contributed by atoms with Crippen LogP contribution in [0.25, 0.3) is 11.8 Å². The van der Waals surface area contributed by atoms with Crippen LogP contribution in [-0.2, 0) is 12.8 Å². The molecule has 1 aromatic heterocycles. The van der Waals surface area contributed by atoms with Crippen LogP contribution in [0.5, 0.6) is 0 Å². The Morgan fingerprint density at radius 1 is 1.16 bits per heavy atom. The van der Waals surface area contributed by atoms with E-state index in [4.69, 9.17) is 0 Å². The topological polar surface area (TPSA) is 55.1 Å². The fourth-order valence-corrected chi connectivity index (χ4v) is 6.88. The largest absolute Gasteiger partial charge is 0.389 e. The van der Waals surface area contributed by atoms with Crippen molar-refractivity contribution in [3.63, 3.8) is 0 Å². The molecule has 0 aliphatic heterocycles. The van der Waals surface area contributed by atoms with E-state index < -0.39 is 28.9 Å². The predicted octanol–water partition coefficient (Wildman–Crippen LogP) is 6.57. The van der Waals surface area contributed by atoms with Gasteiger partial charge in [-0.25, -0.2) is 17.9 Å². The highest BCUT2D eigenvalue weighted by Gasteiger charge is 2.54. The third-order valence-corrected chi connectivity index (χ3v) is 9.25. The number of fused-ring (bicyclic) bond motifs is 2. The van der Waals surface area contributed by atoms with Gasteiger partial charge in [-0.15, -0.1) is 0 Å². The smallest absolute Gasteiger partial charge is 0.169 e. The van der Waals surface area contributed by atoms with Gasteiger partial charge in [-0.2, -0.15) is 5.10 Å². The first kappa shape index (κ1) is 25.1.